The standard InChI is InChI=1S/C14H16ClN3O2S/c15-9-1-2-10-12(7-9)18(8-13-16-4-5-17-13)11-3-6-21(19,20)14(10)11/h1-2,7,11,14H,3-6,8H2,(H,16,17). The number of nitrogens with one attached hydrogen (secondary N) is 1. The third kappa shape index (κ3) is 2.04. The highest BCUT2D eigenvalue weighted by Gasteiger charge is 2.50. The molecule has 0 amide bonds. The average molecular weight is 326 g/mol. The number of anilines is 1. The van der Waals surface area contributed by atoms with Crippen molar-refractivity contribution in [3.05, 3.63) is 28.8 Å². The summed E-state index contributed by atoms with van der Waals surface area (Å²) in [5.41, 5.74) is 1.83. The summed E-state index contributed by atoms with van der Waals surface area (Å²) in [6.07, 6.45) is 0.673. The van der Waals surface area contributed by atoms with Gasteiger partial charge in [0.2, 0.25) is 0 Å². The molecule has 7 heteroatoms. The molecular weight excluding hydrogens is 310 g/mol. The topological polar surface area (TPSA) is 61.8 Å². The number of halogens is 1. The summed E-state index contributed by atoms with van der Waals surface area (Å²) < 4.78 is 24.7. The van der Waals surface area contributed by atoms with Crippen molar-refractivity contribution in [2.45, 2.75) is 17.7 Å². The van der Waals surface area contributed by atoms with Gasteiger partial charge in [0, 0.05) is 17.3 Å². The molecule has 1 aromatic rings. The van der Waals surface area contributed by atoms with Crippen molar-refractivity contribution < 1.29 is 8.42 Å². The molecule has 1 fully saturated rings. The molecule has 0 aromatic heterocycles. The highest BCUT2D eigenvalue weighted by molar-refractivity contribution is 7.92. The van der Waals surface area contributed by atoms with Crippen LogP contribution in [0.4, 0.5) is 5.69 Å². The summed E-state index contributed by atoms with van der Waals surface area (Å²) in [7, 11) is -3.06. The van der Waals surface area contributed by atoms with Crippen LogP contribution < -0.4 is 10.2 Å². The molecule has 4 rings (SSSR count). The molecule has 1 aromatic carbocycles. The predicted molar refractivity (Wildman–Crippen MR) is 84.0 cm³/mol. The number of hydrogen-bond donors (Lipinski definition) is 1. The number of nitrogens with zero attached hydrogens (tertiary/aromatic N) is 2. The first-order valence-electron chi connectivity index (χ1n) is 7.11. The van der Waals surface area contributed by atoms with Crippen LogP contribution in [0, 0.1) is 0 Å². The maximum absolute atomic E-state index is 12.4. The van der Waals surface area contributed by atoms with Crippen LogP contribution in [0.25, 0.3) is 0 Å². The Labute approximate surface area is 128 Å². The first-order valence-corrected chi connectivity index (χ1v) is 9.20. The van der Waals surface area contributed by atoms with Crippen molar-refractivity contribution in [3.63, 3.8) is 0 Å². The van der Waals surface area contributed by atoms with Crippen LogP contribution in [0.15, 0.2) is 23.2 Å². The van der Waals surface area contributed by atoms with E-state index in [1.807, 2.05) is 12.1 Å². The van der Waals surface area contributed by atoms with E-state index in [1.54, 1.807) is 6.07 Å². The average Bonchev–Trinajstić information content (AvgIpc) is 3.10. The number of benzene rings is 1. The van der Waals surface area contributed by atoms with Gasteiger partial charge in [0.15, 0.2) is 9.84 Å². The van der Waals surface area contributed by atoms with Gasteiger partial charge in [0.25, 0.3) is 0 Å². The second-order valence-electron chi connectivity index (χ2n) is 5.73. The van der Waals surface area contributed by atoms with Crippen LogP contribution in [0.1, 0.15) is 17.2 Å². The Balaban J connectivity index is 1.79. The van der Waals surface area contributed by atoms with E-state index < -0.39 is 15.1 Å². The molecule has 0 saturated carbocycles. The Morgan fingerprint density at radius 3 is 3.05 bits per heavy atom. The zero-order valence-electron chi connectivity index (χ0n) is 11.4. The summed E-state index contributed by atoms with van der Waals surface area (Å²) >= 11 is 6.11. The van der Waals surface area contributed by atoms with E-state index in [4.69, 9.17) is 11.6 Å². The first kappa shape index (κ1) is 13.4. The normalized spacial score (nSPS) is 29.0. The van der Waals surface area contributed by atoms with E-state index in [2.05, 4.69) is 15.2 Å². The summed E-state index contributed by atoms with van der Waals surface area (Å²) in [6.45, 7) is 2.28. The van der Waals surface area contributed by atoms with E-state index in [0.29, 0.717) is 18.0 Å². The lowest BCUT2D eigenvalue weighted by atomic mass is 10.1. The van der Waals surface area contributed by atoms with Crippen LogP contribution >= 0.6 is 11.6 Å². The van der Waals surface area contributed by atoms with Gasteiger partial charge in [0.05, 0.1) is 24.9 Å². The summed E-state index contributed by atoms with van der Waals surface area (Å²) in [5.74, 6) is 1.20. The van der Waals surface area contributed by atoms with Gasteiger partial charge in [-0.2, -0.15) is 0 Å². The second kappa shape index (κ2) is 4.61. The molecule has 1 saturated heterocycles. The summed E-state index contributed by atoms with van der Waals surface area (Å²) in [5, 5.41) is 3.48. The Bertz CT molecular complexity index is 732. The lowest BCUT2D eigenvalue weighted by Crippen LogP contribution is -2.40. The Morgan fingerprint density at radius 1 is 1.43 bits per heavy atom. The Morgan fingerprint density at radius 2 is 2.29 bits per heavy atom. The number of amidine groups is 1. The van der Waals surface area contributed by atoms with Crippen molar-refractivity contribution in [3.8, 4) is 0 Å². The van der Waals surface area contributed by atoms with Gasteiger partial charge in [-0.1, -0.05) is 17.7 Å². The van der Waals surface area contributed by atoms with Gasteiger partial charge in [0.1, 0.15) is 11.1 Å². The van der Waals surface area contributed by atoms with Crippen LogP contribution in [0.2, 0.25) is 5.02 Å². The highest BCUT2D eigenvalue weighted by Crippen LogP contribution is 2.49. The molecule has 3 aliphatic rings. The SMILES string of the molecule is O=S1(=O)CCC2C1c1ccc(Cl)cc1N2CC1=NCCN1. The van der Waals surface area contributed by atoms with E-state index in [9.17, 15) is 8.42 Å². The number of hydrogen-bond acceptors (Lipinski definition) is 5. The van der Waals surface area contributed by atoms with Crippen molar-refractivity contribution in [2.24, 2.45) is 4.99 Å². The number of sulfone groups is 1. The molecule has 0 aliphatic carbocycles. The van der Waals surface area contributed by atoms with Crippen LogP contribution in [0.3, 0.4) is 0 Å². The Hall–Kier alpha value is -1.27. The molecule has 0 radical (unpaired) electrons. The van der Waals surface area contributed by atoms with Gasteiger partial charge in [-0.15, -0.1) is 0 Å². The summed E-state index contributed by atoms with van der Waals surface area (Å²) in [4.78, 5) is 6.59. The maximum atomic E-state index is 12.4. The largest absolute Gasteiger partial charge is 0.370 e. The zero-order chi connectivity index (χ0) is 14.6. The van der Waals surface area contributed by atoms with Crippen molar-refractivity contribution in [1.29, 1.82) is 0 Å². The molecule has 3 aliphatic heterocycles. The van der Waals surface area contributed by atoms with Gasteiger partial charge in [-0.05, 0) is 24.1 Å². The van der Waals surface area contributed by atoms with Crippen LogP contribution in [-0.4, -0.2) is 45.7 Å². The fourth-order valence-corrected chi connectivity index (χ4v) is 5.96. The van der Waals surface area contributed by atoms with Gasteiger partial charge >= 0.3 is 0 Å². The lowest BCUT2D eigenvalue weighted by molar-refractivity contribution is 0.585. The van der Waals surface area contributed by atoms with Crippen molar-refractivity contribution in [1.82, 2.24) is 5.32 Å². The minimum absolute atomic E-state index is 0.00793. The third-order valence-corrected chi connectivity index (χ3v) is 6.89. The molecule has 5 nitrogen and oxygen atoms in total. The predicted octanol–water partition coefficient (Wildman–Crippen LogP) is 1.39. The lowest BCUT2D eigenvalue weighted by Gasteiger charge is -2.26. The minimum Gasteiger partial charge on any atom is -0.370 e. The molecule has 0 bridgehead atoms. The molecule has 3 heterocycles. The smallest absolute Gasteiger partial charge is 0.159 e. The van der Waals surface area contributed by atoms with E-state index >= 15 is 0 Å². The van der Waals surface area contributed by atoms with E-state index in [0.717, 1.165) is 30.2 Å². The maximum Gasteiger partial charge on any atom is 0.159 e. The monoisotopic (exact) mass is 325 g/mol. The van der Waals surface area contributed by atoms with Crippen LogP contribution in [-0.2, 0) is 9.84 Å². The zero-order valence-corrected chi connectivity index (χ0v) is 13.0. The van der Waals surface area contributed by atoms with Gasteiger partial charge in [-0.25, -0.2) is 8.42 Å². The van der Waals surface area contributed by atoms with Gasteiger partial charge < -0.3 is 10.2 Å². The first-order chi connectivity index (χ1) is 10.1. The minimum atomic E-state index is -3.06. The third-order valence-electron chi connectivity index (χ3n) is 4.51. The van der Waals surface area contributed by atoms with Crippen molar-refractivity contribution in [2.75, 3.05) is 30.3 Å². The molecule has 1 N–H and O–H groups in total. The fraction of sp³-hybridized carbons (Fsp3) is 0.500. The van der Waals surface area contributed by atoms with Crippen LogP contribution in [0.5, 0.6) is 0 Å². The molecule has 0 spiro atoms. The molecule has 2 atom stereocenters. The summed E-state index contributed by atoms with van der Waals surface area (Å²) in [6, 6.07) is 5.52. The number of rotatable bonds is 2. The van der Waals surface area contributed by atoms with Gasteiger partial charge in [-0.3, -0.25) is 4.99 Å². The second-order valence-corrected chi connectivity index (χ2v) is 8.41. The fourth-order valence-electron chi connectivity index (χ4n) is 3.62. The number of aliphatic imine (C=N–C) groups is 1. The highest BCUT2D eigenvalue weighted by atomic mass is 35.5. The molecular formula is C14H16ClN3O2S. The Kier molecular flexibility index (Phi) is 2.94. The molecule has 21 heavy (non-hydrogen) atoms. The van der Waals surface area contributed by atoms with Crippen molar-refractivity contribution >= 4 is 33.0 Å². The number of fused-ring (bicyclic) bond motifs is 3. The quantitative estimate of drug-likeness (QED) is 0.892. The molecule has 112 valence electrons. The molecule has 2 unspecified atom stereocenters. The van der Waals surface area contributed by atoms with E-state index in [1.165, 1.54) is 0 Å². The van der Waals surface area contributed by atoms with E-state index in [-0.39, 0.29) is 11.8 Å².